The number of halogens is 4. The molecule has 1 heterocycles. The minimum absolute atomic E-state index is 0.0422. The summed E-state index contributed by atoms with van der Waals surface area (Å²) in [6, 6.07) is 8.28. The largest absolute Gasteiger partial charge is 0.487 e. The number of rotatable bonds is 6. The number of anilines is 3. The van der Waals surface area contributed by atoms with Gasteiger partial charge in [0.25, 0.3) is 5.91 Å². The zero-order chi connectivity index (χ0) is 21.2. The number of carbonyl (C=O) groups is 2. The number of carbonyl (C=O) groups excluding carboxylic acids is 2. The number of alkyl halides is 3. The first kappa shape index (κ1) is 21.1. The van der Waals surface area contributed by atoms with Gasteiger partial charge in [-0.2, -0.15) is 0 Å². The maximum Gasteiger partial charge on any atom is 0.487 e. The number of nitrogens with one attached hydrogen (secondary N) is 3. The summed E-state index contributed by atoms with van der Waals surface area (Å²) in [6.07, 6.45) is 0.337. The van der Waals surface area contributed by atoms with Crippen molar-refractivity contribution in [3.63, 3.8) is 0 Å². The number of hydrogen-bond acceptors (Lipinski definition) is 5. The van der Waals surface area contributed by atoms with Crippen LogP contribution in [0.3, 0.4) is 0 Å². The van der Waals surface area contributed by atoms with Crippen molar-refractivity contribution in [3.05, 3.63) is 46.4 Å². The van der Waals surface area contributed by atoms with Crippen LogP contribution < -0.4 is 26.4 Å². The van der Waals surface area contributed by atoms with Gasteiger partial charge in [0.15, 0.2) is 0 Å². The van der Waals surface area contributed by atoms with Gasteiger partial charge in [-0.1, -0.05) is 0 Å². The van der Waals surface area contributed by atoms with E-state index in [1.54, 1.807) is 6.07 Å². The molecule has 0 aliphatic carbocycles. The maximum absolute atomic E-state index is 12.6. The van der Waals surface area contributed by atoms with Crippen molar-refractivity contribution in [2.24, 2.45) is 0 Å². The van der Waals surface area contributed by atoms with Crippen LogP contribution in [0.1, 0.15) is 16.8 Å². The molecule has 0 aromatic heterocycles. The number of hydrogen-bond donors (Lipinski definition) is 4. The third-order valence-electron chi connectivity index (χ3n) is 4.05. The van der Waals surface area contributed by atoms with Crippen molar-refractivity contribution in [1.82, 2.24) is 5.32 Å². The quantitative estimate of drug-likeness (QED) is 0.365. The summed E-state index contributed by atoms with van der Waals surface area (Å²) in [7, 11) is 0. The molecule has 3 rings (SSSR count). The van der Waals surface area contributed by atoms with Crippen LogP contribution in [0.4, 0.5) is 25.8 Å². The van der Waals surface area contributed by atoms with Gasteiger partial charge >= 0.3 is 5.57 Å². The van der Waals surface area contributed by atoms with Crippen LogP contribution in [-0.2, 0) is 4.79 Å². The number of ether oxygens (including phenoxy) is 1. The molecule has 0 spiro atoms. The molecule has 2 aromatic rings. The molecular weight excluding hydrogens is 474 g/mol. The Hall–Kier alpha value is -2.59. The van der Waals surface area contributed by atoms with Crippen LogP contribution in [0.25, 0.3) is 0 Å². The Labute approximate surface area is 178 Å². The minimum Gasteiger partial charge on any atom is -0.420 e. The van der Waals surface area contributed by atoms with Gasteiger partial charge in [0, 0.05) is 40.3 Å². The van der Waals surface area contributed by atoms with Crippen molar-refractivity contribution in [2.75, 3.05) is 22.9 Å². The van der Waals surface area contributed by atoms with Gasteiger partial charge in [0.05, 0.1) is 17.4 Å². The average molecular weight is 490 g/mol. The van der Waals surface area contributed by atoms with E-state index < -0.39 is 11.5 Å². The molecule has 1 unspecified atom stereocenters. The van der Waals surface area contributed by atoms with Crippen molar-refractivity contribution in [2.45, 2.75) is 18.0 Å². The second-order valence-electron chi connectivity index (χ2n) is 6.30. The molecule has 2 aromatic carbocycles. The molecule has 1 aliphatic heterocycles. The van der Waals surface area contributed by atoms with Gasteiger partial charge in [-0.25, -0.2) is 0 Å². The summed E-state index contributed by atoms with van der Waals surface area (Å²) in [5.74, 6) is -0.636. The highest BCUT2D eigenvalue weighted by Crippen LogP contribution is 2.32. The predicted molar refractivity (Wildman–Crippen MR) is 109 cm³/mol. The van der Waals surface area contributed by atoms with Gasteiger partial charge < -0.3 is 26.4 Å². The lowest BCUT2D eigenvalue weighted by molar-refractivity contribution is -0.119. The summed E-state index contributed by atoms with van der Waals surface area (Å²) in [6.45, 7) is 0.488. The van der Waals surface area contributed by atoms with E-state index in [1.165, 1.54) is 30.3 Å². The summed E-state index contributed by atoms with van der Waals surface area (Å²) in [4.78, 5) is 23.8. The molecule has 1 aliphatic rings. The first-order chi connectivity index (χ1) is 13.6. The Kier molecular flexibility index (Phi) is 6.13. The lowest BCUT2D eigenvalue weighted by atomic mass is 10.1. The van der Waals surface area contributed by atoms with Crippen molar-refractivity contribution in [1.29, 1.82) is 0 Å². The molecule has 0 saturated carbocycles. The molecule has 11 heteroatoms. The third kappa shape index (κ3) is 5.70. The molecule has 0 bridgehead atoms. The second-order valence-corrected chi connectivity index (χ2v) is 7.59. The molecule has 1 fully saturated rings. The second kappa shape index (κ2) is 8.42. The number of amides is 2. The highest BCUT2D eigenvalue weighted by atomic mass is 79.9. The Balaban J connectivity index is 1.68. The fraction of sp³-hybridized carbons (Fsp3) is 0.222. The van der Waals surface area contributed by atoms with Crippen LogP contribution in [-0.4, -0.2) is 30.0 Å². The Bertz CT molecular complexity index is 915. The van der Waals surface area contributed by atoms with Crippen molar-refractivity contribution in [3.8, 4) is 5.75 Å². The molecule has 0 radical (unpaired) electrons. The standard InChI is InChI=1S/C18H16BrClF2N4O3/c19-13-5-9(6-14(23)16(13)25-11-7-15(27)24-8-11)17(28)26-10-1-3-12(4-2-10)29-18(20,21)22/h1-6,11,25H,7-8,23H2,(H,24,27)(H,26,28). The zero-order valence-corrected chi connectivity index (χ0v) is 17.1. The lowest BCUT2D eigenvalue weighted by Crippen LogP contribution is -2.23. The Morgan fingerprint density at radius 2 is 2.00 bits per heavy atom. The minimum atomic E-state index is -3.81. The van der Waals surface area contributed by atoms with E-state index in [1.807, 2.05) is 0 Å². The van der Waals surface area contributed by atoms with Crippen LogP contribution in [0.15, 0.2) is 40.9 Å². The molecule has 2 amide bonds. The lowest BCUT2D eigenvalue weighted by Gasteiger charge is -2.17. The van der Waals surface area contributed by atoms with E-state index in [2.05, 4.69) is 36.6 Å². The maximum atomic E-state index is 12.6. The summed E-state index contributed by atoms with van der Waals surface area (Å²) >= 11 is 8.09. The molecule has 7 nitrogen and oxygen atoms in total. The highest BCUT2D eigenvalue weighted by molar-refractivity contribution is 9.10. The molecule has 154 valence electrons. The van der Waals surface area contributed by atoms with Crippen LogP contribution in [0.2, 0.25) is 0 Å². The molecular formula is C18H16BrClF2N4O3. The smallest absolute Gasteiger partial charge is 0.420 e. The Morgan fingerprint density at radius 1 is 1.31 bits per heavy atom. The van der Waals surface area contributed by atoms with Gasteiger partial charge in [-0.3, -0.25) is 9.59 Å². The van der Waals surface area contributed by atoms with Gasteiger partial charge in [-0.15, -0.1) is 8.78 Å². The average Bonchev–Trinajstić information content (AvgIpc) is 3.03. The number of nitrogen functional groups attached to an aromatic ring is 1. The van der Waals surface area contributed by atoms with Gasteiger partial charge in [-0.05, 0) is 52.3 Å². The van der Waals surface area contributed by atoms with E-state index in [0.717, 1.165) is 0 Å². The number of benzene rings is 2. The summed E-state index contributed by atoms with van der Waals surface area (Å²) in [5.41, 5.74) is 3.83. The summed E-state index contributed by atoms with van der Waals surface area (Å²) in [5, 5.41) is 8.53. The molecule has 29 heavy (non-hydrogen) atoms. The van der Waals surface area contributed by atoms with Crippen LogP contribution in [0, 0.1) is 0 Å². The van der Waals surface area contributed by atoms with Crippen molar-refractivity contribution < 1.29 is 23.1 Å². The normalized spacial score (nSPS) is 16.3. The van der Waals surface area contributed by atoms with E-state index in [0.29, 0.717) is 34.5 Å². The zero-order valence-electron chi connectivity index (χ0n) is 14.8. The van der Waals surface area contributed by atoms with Crippen molar-refractivity contribution >= 4 is 56.4 Å². The third-order valence-corrected chi connectivity index (χ3v) is 4.76. The molecule has 1 saturated heterocycles. The highest BCUT2D eigenvalue weighted by Gasteiger charge is 2.27. The predicted octanol–water partition coefficient (Wildman–Crippen LogP) is 3.75. The molecule has 1 atom stereocenters. The SMILES string of the molecule is Nc1cc(C(=O)Nc2ccc(OC(F)(F)Cl)cc2)cc(Br)c1NC1CNC(=O)C1. The van der Waals surface area contributed by atoms with E-state index >= 15 is 0 Å². The topological polar surface area (TPSA) is 105 Å². The Morgan fingerprint density at radius 3 is 2.55 bits per heavy atom. The fourth-order valence-corrected chi connectivity index (χ4v) is 3.44. The van der Waals surface area contributed by atoms with Gasteiger partial charge in [0.1, 0.15) is 5.75 Å². The van der Waals surface area contributed by atoms with E-state index in [4.69, 9.17) is 17.3 Å². The van der Waals surface area contributed by atoms with Crippen LogP contribution >= 0.6 is 27.5 Å². The first-order valence-electron chi connectivity index (χ1n) is 8.40. The van der Waals surface area contributed by atoms with E-state index in [9.17, 15) is 18.4 Å². The fourth-order valence-electron chi connectivity index (χ4n) is 2.77. The monoisotopic (exact) mass is 488 g/mol. The van der Waals surface area contributed by atoms with E-state index in [-0.39, 0.29) is 23.3 Å². The first-order valence-corrected chi connectivity index (χ1v) is 9.57. The summed E-state index contributed by atoms with van der Waals surface area (Å²) < 4.78 is 30.0. The number of nitrogens with two attached hydrogens (primary N) is 1. The van der Waals surface area contributed by atoms with Crippen LogP contribution in [0.5, 0.6) is 5.75 Å². The molecule has 5 N–H and O–H groups in total. The van der Waals surface area contributed by atoms with Gasteiger partial charge in [0.2, 0.25) is 5.91 Å².